The van der Waals surface area contributed by atoms with Gasteiger partial charge >= 0.3 is 5.69 Å². The average molecular weight is 458 g/mol. The van der Waals surface area contributed by atoms with Crippen LogP contribution in [0.2, 0.25) is 0 Å². The Bertz CT molecular complexity index is 1460. The molecular formula is C26H24FN5O2. The van der Waals surface area contributed by atoms with Gasteiger partial charge in [0.25, 0.3) is 0 Å². The monoisotopic (exact) mass is 457 g/mol. The van der Waals surface area contributed by atoms with Crippen LogP contribution in [0.4, 0.5) is 4.39 Å². The second-order valence-electron chi connectivity index (χ2n) is 9.30. The lowest BCUT2D eigenvalue weighted by Gasteiger charge is -2.16. The molecule has 2 fully saturated rings. The number of pyridine rings is 1. The van der Waals surface area contributed by atoms with Gasteiger partial charge in [-0.2, -0.15) is 5.10 Å². The molecule has 3 heterocycles. The number of nitrogens with zero attached hydrogens (tertiary/aromatic N) is 4. The molecule has 1 atom stereocenters. The van der Waals surface area contributed by atoms with Crippen molar-refractivity contribution < 1.29 is 9.18 Å². The number of hydrogen-bond acceptors (Lipinski definition) is 4. The number of aromatic amines is 1. The van der Waals surface area contributed by atoms with Crippen molar-refractivity contribution in [3.8, 4) is 16.8 Å². The van der Waals surface area contributed by atoms with E-state index in [2.05, 4.69) is 15.2 Å². The van der Waals surface area contributed by atoms with Crippen LogP contribution in [0.15, 0.2) is 59.7 Å². The number of fused-ring (bicyclic) bond motifs is 1. The third kappa shape index (κ3) is 3.79. The predicted molar refractivity (Wildman–Crippen MR) is 126 cm³/mol. The first-order valence-corrected chi connectivity index (χ1v) is 11.7. The van der Waals surface area contributed by atoms with Crippen molar-refractivity contribution in [1.82, 2.24) is 24.6 Å². The molecule has 34 heavy (non-hydrogen) atoms. The molecule has 0 unspecified atom stereocenters. The van der Waals surface area contributed by atoms with Crippen molar-refractivity contribution in [2.75, 3.05) is 13.1 Å². The molecule has 4 aromatic rings. The van der Waals surface area contributed by atoms with Crippen LogP contribution in [0.3, 0.4) is 0 Å². The lowest BCUT2D eigenvalue weighted by atomic mass is 10.0. The second-order valence-corrected chi connectivity index (χ2v) is 9.30. The summed E-state index contributed by atoms with van der Waals surface area (Å²) in [6, 6.07) is 12.7. The molecule has 2 aromatic carbocycles. The Labute approximate surface area is 195 Å². The minimum atomic E-state index is -0.492. The summed E-state index contributed by atoms with van der Waals surface area (Å²) in [5, 5.41) is 8.69. The highest BCUT2D eigenvalue weighted by Crippen LogP contribution is 2.33. The molecule has 1 saturated carbocycles. The number of benzene rings is 2. The molecule has 0 bridgehead atoms. The van der Waals surface area contributed by atoms with Gasteiger partial charge in [-0.05, 0) is 66.0 Å². The molecule has 1 aliphatic heterocycles. The molecular weight excluding hydrogens is 433 g/mol. The largest absolute Gasteiger partial charge is 0.348 e. The van der Waals surface area contributed by atoms with Gasteiger partial charge in [0.15, 0.2) is 0 Å². The summed E-state index contributed by atoms with van der Waals surface area (Å²) in [6.07, 6.45) is 6.87. The Morgan fingerprint density at radius 1 is 1.06 bits per heavy atom. The van der Waals surface area contributed by atoms with Gasteiger partial charge in [-0.3, -0.25) is 9.78 Å². The highest BCUT2D eigenvalue weighted by Gasteiger charge is 2.37. The number of halogens is 1. The summed E-state index contributed by atoms with van der Waals surface area (Å²) in [4.78, 5) is 31.0. The first kappa shape index (κ1) is 20.8. The van der Waals surface area contributed by atoms with Gasteiger partial charge in [0.1, 0.15) is 11.6 Å². The van der Waals surface area contributed by atoms with Gasteiger partial charge in [0.05, 0.1) is 5.69 Å². The summed E-state index contributed by atoms with van der Waals surface area (Å²) >= 11 is 0. The van der Waals surface area contributed by atoms with E-state index in [9.17, 15) is 9.59 Å². The van der Waals surface area contributed by atoms with Crippen molar-refractivity contribution in [3.63, 3.8) is 0 Å². The van der Waals surface area contributed by atoms with E-state index in [1.807, 2.05) is 35.2 Å². The van der Waals surface area contributed by atoms with Gasteiger partial charge in [-0.15, -0.1) is 0 Å². The van der Waals surface area contributed by atoms with E-state index in [0.717, 1.165) is 47.7 Å². The number of nitrogens with one attached hydrogen (secondary N) is 1. The Morgan fingerprint density at radius 2 is 1.88 bits per heavy atom. The maximum atomic E-state index is 15.3. The Hall–Kier alpha value is -3.81. The van der Waals surface area contributed by atoms with Crippen molar-refractivity contribution in [2.45, 2.75) is 25.7 Å². The van der Waals surface area contributed by atoms with Crippen molar-refractivity contribution in [3.05, 3.63) is 77.0 Å². The minimum absolute atomic E-state index is 0.173. The highest BCUT2D eigenvalue weighted by molar-refractivity contribution is 5.86. The van der Waals surface area contributed by atoms with Gasteiger partial charge < -0.3 is 4.90 Å². The Morgan fingerprint density at radius 3 is 2.71 bits per heavy atom. The predicted octanol–water partition coefficient (Wildman–Crippen LogP) is 3.72. The van der Waals surface area contributed by atoms with Crippen molar-refractivity contribution >= 4 is 16.7 Å². The zero-order chi connectivity index (χ0) is 23.2. The van der Waals surface area contributed by atoms with Crippen LogP contribution < -0.4 is 5.69 Å². The molecule has 1 N–H and O–H groups in total. The van der Waals surface area contributed by atoms with Crippen LogP contribution in [-0.4, -0.2) is 43.6 Å². The number of amides is 1. The molecule has 1 aliphatic carbocycles. The smallest absolute Gasteiger partial charge is 0.342 e. The maximum absolute atomic E-state index is 15.3. The molecule has 7 nitrogen and oxygen atoms in total. The molecule has 0 radical (unpaired) electrons. The standard InChI is InChI=1S/C26H24FN5O2/c27-22-13-19(18-3-4-21-14-28-9-7-20(21)12-18)5-6-23(22)32-24(29-30-26(32)34)11-16-8-10-31(15-16)25(33)17-1-2-17/h3-7,9,12-14,16-17H,1-2,8,10-11,15H2,(H,30,34)/t16-/m0/s1. The zero-order valence-electron chi connectivity index (χ0n) is 18.6. The summed E-state index contributed by atoms with van der Waals surface area (Å²) in [7, 11) is 0. The fraction of sp³-hybridized carbons (Fsp3) is 0.308. The summed E-state index contributed by atoms with van der Waals surface area (Å²) < 4.78 is 16.6. The van der Waals surface area contributed by atoms with Gasteiger partial charge in [-0.25, -0.2) is 18.9 Å². The number of aromatic nitrogens is 4. The second kappa shape index (κ2) is 8.20. The molecule has 172 valence electrons. The molecule has 0 spiro atoms. The third-order valence-corrected chi connectivity index (χ3v) is 6.90. The van der Waals surface area contributed by atoms with Gasteiger partial charge in [0.2, 0.25) is 5.91 Å². The maximum Gasteiger partial charge on any atom is 0.348 e. The van der Waals surface area contributed by atoms with E-state index in [1.54, 1.807) is 18.5 Å². The summed E-state index contributed by atoms with van der Waals surface area (Å²) in [5.74, 6) is 0.642. The van der Waals surface area contributed by atoms with E-state index in [-0.39, 0.29) is 23.4 Å². The first-order chi connectivity index (χ1) is 16.6. The van der Waals surface area contributed by atoms with E-state index in [0.29, 0.717) is 18.8 Å². The van der Waals surface area contributed by atoms with Crippen LogP contribution in [0.5, 0.6) is 0 Å². The van der Waals surface area contributed by atoms with E-state index in [1.165, 1.54) is 10.6 Å². The average Bonchev–Trinajstić information content (AvgIpc) is 3.50. The Balaban J connectivity index is 1.26. The molecule has 6 rings (SSSR count). The fourth-order valence-corrected chi connectivity index (χ4v) is 4.89. The number of rotatable bonds is 5. The van der Waals surface area contributed by atoms with Crippen LogP contribution in [-0.2, 0) is 11.2 Å². The Kier molecular flexibility index (Phi) is 5.01. The van der Waals surface area contributed by atoms with E-state index in [4.69, 9.17) is 0 Å². The van der Waals surface area contributed by atoms with Crippen LogP contribution in [0.25, 0.3) is 27.6 Å². The van der Waals surface area contributed by atoms with Crippen molar-refractivity contribution in [1.29, 1.82) is 0 Å². The van der Waals surface area contributed by atoms with Gasteiger partial charge in [0, 0.05) is 43.2 Å². The summed E-state index contributed by atoms with van der Waals surface area (Å²) in [6.45, 7) is 1.40. The number of carbonyl (C=O) groups is 1. The lowest BCUT2D eigenvalue weighted by molar-refractivity contribution is -0.131. The quantitative estimate of drug-likeness (QED) is 0.495. The summed E-state index contributed by atoms with van der Waals surface area (Å²) in [5.41, 5.74) is 1.31. The van der Waals surface area contributed by atoms with Crippen molar-refractivity contribution in [2.24, 2.45) is 11.8 Å². The van der Waals surface area contributed by atoms with Crippen LogP contribution in [0.1, 0.15) is 25.1 Å². The molecule has 2 aliphatic rings. The van der Waals surface area contributed by atoms with Crippen LogP contribution >= 0.6 is 0 Å². The lowest BCUT2D eigenvalue weighted by Crippen LogP contribution is -2.30. The normalized spacial score (nSPS) is 18.0. The molecule has 1 amide bonds. The topological polar surface area (TPSA) is 83.9 Å². The van der Waals surface area contributed by atoms with E-state index >= 15 is 4.39 Å². The first-order valence-electron chi connectivity index (χ1n) is 11.7. The fourth-order valence-electron chi connectivity index (χ4n) is 4.89. The highest BCUT2D eigenvalue weighted by atomic mass is 19.1. The number of likely N-dealkylation sites (tertiary alicyclic amines) is 1. The number of carbonyl (C=O) groups excluding carboxylic acids is 1. The van der Waals surface area contributed by atoms with E-state index < -0.39 is 11.5 Å². The SMILES string of the molecule is O=C(C1CC1)N1CC[C@@H](Cc2n[nH]c(=O)n2-c2ccc(-c3ccc4cnccc4c3)cc2F)C1. The number of hydrogen-bond donors (Lipinski definition) is 1. The third-order valence-electron chi connectivity index (χ3n) is 6.90. The van der Waals surface area contributed by atoms with Gasteiger partial charge in [-0.1, -0.05) is 18.2 Å². The zero-order valence-corrected chi connectivity index (χ0v) is 18.6. The minimum Gasteiger partial charge on any atom is -0.342 e. The molecule has 2 aromatic heterocycles. The number of H-pyrrole nitrogens is 1. The van der Waals surface area contributed by atoms with Crippen LogP contribution in [0, 0.1) is 17.7 Å². The molecule has 1 saturated heterocycles. The molecule has 8 heteroatoms.